The van der Waals surface area contributed by atoms with Crippen LogP contribution in [0.5, 0.6) is 5.75 Å². The number of benzene rings is 1. The van der Waals surface area contributed by atoms with Gasteiger partial charge in [-0.3, -0.25) is 4.79 Å². The van der Waals surface area contributed by atoms with Crippen molar-refractivity contribution in [2.75, 3.05) is 7.11 Å². The van der Waals surface area contributed by atoms with Gasteiger partial charge in [-0.05, 0) is 19.1 Å². The van der Waals surface area contributed by atoms with Crippen molar-refractivity contribution in [3.8, 4) is 28.5 Å². The van der Waals surface area contributed by atoms with E-state index in [0.29, 0.717) is 33.6 Å². The van der Waals surface area contributed by atoms with E-state index in [2.05, 4.69) is 15.1 Å². The molecule has 0 radical (unpaired) electrons. The summed E-state index contributed by atoms with van der Waals surface area (Å²) in [5, 5.41) is 4.61. The van der Waals surface area contributed by atoms with Gasteiger partial charge in [0.05, 0.1) is 29.7 Å². The second-order valence-corrected chi connectivity index (χ2v) is 5.89. The highest BCUT2D eigenvalue weighted by atomic mass is 35.5. The van der Waals surface area contributed by atoms with Crippen LogP contribution in [0.3, 0.4) is 0 Å². The summed E-state index contributed by atoms with van der Waals surface area (Å²) in [4.78, 5) is 19.9. The SMILES string of the molecule is COc1cc(-c2cc(=O)n3ncc(-c4nc(C)co4)c3[nH]2)ccc1Cl. The standard InChI is InChI=1S/C17H13ClN4O3/c1-9-8-25-17(20-9)11-7-19-22-15(23)6-13(21-16(11)22)10-3-4-12(18)14(5-10)24-2/h3-8,21H,1-2H3. The number of nitrogens with zero attached hydrogens (tertiary/aromatic N) is 3. The Morgan fingerprint density at radius 1 is 1.32 bits per heavy atom. The van der Waals surface area contributed by atoms with Gasteiger partial charge in [0.2, 0.25) is 5.89 Å². The van der Waals surface area contributed by atoms with Crippen LogP contribution in [0.2, 0.25) is 5.02 Å². The molecule has 0 amide bonds. The van der Waals surface area contributed by atoms with Crippen molar-refractivity contribution in [1.29, 1.82) is 0 Å². The first-order valence-corrected chi connectivity index (χ1v) is 7.82. The van der Waals surface area contributed by atoms with Gasteiger partial charge in [-0.1, -0.05) is 17.7 Å². The maximum atomic E-state index is 12.4. The van der Waals surface area contributed by atoms with Gasteiger partial charge in [0, 0.05) is 11.6 Å². The van der Waals surface area contributed by atoms with E-state index in [1.807, 2.05) is 6.92 Å². The molecule has 126 valence electrons. The number of aryl methyl sites for hydroxylation is 1. The molecule has 0 aliphatic rings. The lowest BCUT2D eigenvalue weighted by atomic mass is 10.1. The van der Waals surface area contributed by atoms with Crippen molar-refractivity contribution in [2.24, 2.45) is 0 Å². The van der Waals surface area contributed by atoms with Crippen LogP contribution in [0.4, 0.5) is 0 Å². The van der Waals surface area contributed by atoms with Crippen LogP contribution >= 0.6 is 11.6 Å². The van der Waals surface area contributed by atoms with E-state index >= 15 is 0 Å². The lowest BCUT2D eigenvalue weighted by Gasteiger charge is -2.07. The van der Waals surface area contributed by atoms with E-state index in [4.69, 9.17) is 20.8 Å². The van der Waals surface area contributed by atoms with Gasteiger partial charge < -0.3 is 14.1 Å². The highest BCUT2D eigenvalue weighted by molar-refractivity contribution is 6.32. The predicted molar refractivity (Wildman–Crippen MR) is 93.0 cm³/mol. The molecule has 1 N–H and O–H groups in total. The molecule has 0 bridgehead atoms. The Balaban J connectivity index is 1.93. The molecule has 0 spiro atoms. The molecule has 0 fully saturated rings. The van der Waals surface area contributed by atoms with Crippen molar-refractivity contribution in [3.05, 3.63) is 57.8 Å². The van der Waals surface area contributed by atoms with Crippen molar-refractivity contribution in [2.45, 2.75) is 6.92 Å². The van der Waals surface area contributed by atoms with Crippen LogP contribution in [0.15, 0.2) is 45.9 Å². The monoisotopic (exact) mass is 356 g/mol. The lowest BCUT2D eigenvalue weighted by molar-refractivity contribution is 0.415. The Bertz CT molecular complexity index is 1140. The van der Waals surface area contributed by atoms with Gasteiger partial charge >= 0.3 is 0 Å². The summed E-state index contributed by atoms with van der Waals surface area (Å²) >= 11 is 6.07. The molecular formula is C17H13ClN4O3. The zero-order valence-corrected chi connectivity index (χ0v) is 14.2. The molecule has 4 rings (SSSR count). The van der Waals surface area contributed by atoms with Gasteiger partial charge in [-0.2, -0.15) is 9.61 Å². The van der Waals surface area contributed by atoms with Crippen LogP contribution in [-0.2, 0) is 0 Å². The molecule has 4 aromatic rings. The molecule has 0 saturated heterocycles. The molecule has 0 atom stereocenters. The number of ether oxygens (including phenoxy) is 1. The van der Waals surface area contributed by atoms with E-state index in [1.54, 1.807) is 30.7 Å². The number of methoxy groups -OCH3 is 1. The zero-order chi connectivity index (χ0) is 17.6. The summed E-state index contributed by atoms with van der Waals surface area (Å²) in [5.74, 6) is 0.922. The Labute approximate surface area is 146 Å². The Morgan fingerprint density at radius 3 is 2.88 bits per heavy atom. The highest BCUT2D eigenvalue weighted by Gasteiger charge is 2.15. The number of rotatable bonds is 3. The van der Waals surface area contributed by atoms with E-state index in [1.165, 1.54) is 17.7 Å². The molecule has 3 heterocycles. The van der Waals surface area contributed by atoms with Crippen LogP contribution in [-0.4, -0.2) is 26.7 Å². The predicted octanol–water partition coefficient (Wildman–Crippen LogP) is 3.32. The number of oxazole rings is 1. The molecule has 1 aromatic carbocycles. The summed E-state index contributed by atoms with van der Waals surface area (Å²) in [6.07, 6.45) is 3.09. The Hall–Kier alpha value is -3.06. The molecule has 0 saturated carbocycles. The fraction of sp³-hybridized carbons (Fsp3) is 0.118. The summed E-state index contributed by atoms with van der Waals surface area (Å²) in [6.45, 7) is 1.83. The van der Waals surface area contributed by atoms with Crippen molar-refractivity contribution < 1.29 is 9.15 Å². The molecule has 0 aliphatic heterocycles. The maximum absolute atomic E-state index is 12.4. The number of aromatic amines is 1. The fourth-order valence-electron chi connectivity index (χ4n) is 2.60. The molecule has 8 heteroatoms. The zero-order valence-electron chi connectivity index (χ0n) is 13.4. The van der Waals surface area contributed by atoms with Crippen molar-refractivity contribution >= 4 is 17.2 Å². The first kappa shape index (κ1) is 15.5. The molecule has 3 aromatic heterocycles. The van der Waals surface area contributed by atoms with Crippen LogP contribution in [0, 0.1) is 6.92 Å². The fourth-order valence-corrected chi connectivity index (χ4v) is 2.80. The summed E-state index contributed by atoms with van der Waals surface area (Å²) in [6, 6.07) is 6.74. The third kappa shape index (κ3) is 2.58. The van der Waals surface area contributed by atoms with Crippen molar-refractivity contribution in [1.82, 2.24) is 19.6 Å². The number of hydrogen-bond donors (Lipinski definition) is 1. The normalized spacial score (nSPS) is 11.2. The van der Waals surface area contributed by atoms with Gasteiger partial charge in [0.1, 0.15) is 17.6 Å². The average molecular weight is 357 g/mol. The average Bonchev–Trinajstić information content (AvgIpc) is 3.21. The number of aromatic nitrogens is 4. The largest absolute Gasteiger partial charge is 0.495 e. The summed E-state index contributed by atoms with van der Waals surface area (Å²) < 4.78 is 11.9. The highest BCUT2D eigenvalue weighted by Crippen LogP contribution is 2.30. The number of hydrogen-bond acceptors (Lipinski definition) is 5. The molecule has 25 heavy (non-hydrogen) atoms. The number of nitrogens with one attached hydrogen (secondary N) is 1. The molecule has 7 nitrogen and oxygen atoms in total. The van der Waals surface area contributed by atoms with E-state index in [9.17, 15) is 4.79 Å². The minimum Gasteiger partial charge on any atom is -0.495 e. The maximum Gasteiger partial charge on any atom is 0.274 e. The quantitative estimate of drug-likeness (QED) is 0.608. The lowest BCUT2D eigenvalue weighted by Crippen LogP contribution is -2.14. The molecular weight excluding hydrogens is 344 g/mol. The van der Waals surface area contributed by atoms with Gasteiger partial charge in [0.15, 0.2) is 5.65 Å². The van der Waals surface area contributed by atoms with Crippen LogP contribution < -0.4 is 10.3 Å². The molecule has 0 unspecified atom stereocenters. The first-order valence-electron chi connectivity index (χ1n) is 7.44. The third-order valence-corrected chi connectivity index (χ3v) is 4.12. The number of H-pyrrole nitrogens is 1. The van der Waals surface area contributed by atoms with Gasteiger partial charge in [0.25, 0.3) is 5.56 Å². The summed E-state index contributed by atoms with van der Waals surface area (Å²) in [7, 11) is 1.54. The van der Waals surface area contributed by atoms with E-state index < -0.39 is 0 Å². The third-order valence-electron chi connectivity index (χ3n) is 3.81. The first-order chi connectivity index (χ1) is 12.1. The van der Waals surface area contributed by atoms with E-state index in [0.717, 1.165) is 11.3 Å². The van der Waals surface area contributed by atoms with Gasteiger partial charge in [-0.15, -0.1) is 0 Å². The minimum atomic E-state index is -0.271. The Morgan fingerprint density at radius 2 is 2.16 bits per heavy atom. The topological polar surface area (TPSA) is 85.4 Å². The summed E-state index contributed by atoms with van der Waals surface area (Å²) in [5.41, 5.74) is 2.95. The number of halogens is 1. The van der Waals surface area contributed by atoms with Crippen LogP contribution in [0.25, 0.3) is 28.4 Å². The minimum absolute atomic E-state index is 0.271. The van der Waals surface area contributed by atoms with Crippen molar-refractivity contribution in [3.63, 3.8) is 0 Å². The van der Waals surface area contributed by atoms with Gasteiger partial charge in [-0.25, -0.2) is 4.98 Å². The smallest absolute Gasteiger partial charge is 0.274 e. The molecule has 0 aliphatic carbocycles. The number of fused-ring (bicyclic) bond motifs is 1. The Kier molecular flexibility index (Phi) is 3.58. The van der Waals surface area contributed by atoms with Crippen LogP contribution in [0.1, 0.15) is 5.69 Å². The second kappa shape index (κ2) is 5.78. The second-order valence-electron chi connectivity index (χ2n) is 5.48. The van der Waals surface area contributed by atoms with E-state index in [-0.39, 0.29) is 5.56 Å².